The van der Waals surface area contributed by atoms with Crippen molar-refractivity contribution < 1.29 is 5.11 Å². The van der Waals surface area contributed by atoms with Gasteiger partial charge in [0.25, 0.3) is 0 Å². The van der Waals surface area contributed by atoms with Crippen LogP contribution in [0.5, 0.6) is 0 Å². The molecule has 37 valence electrons. The summed E-state index contributed by atoms with van der Waals surface area (Å²) in [6.45, 7) is 0.789. The van der Waals surface area contributed by atoms with Gasteiger partial charge in [-0.2, -0.15) is 0 Å². The van der Waals surface area contributed by atoms with Gasteiger partial charge in [-0.15, -0.1) is 0 Å². The maximum absolute atomic E-state index is 8.09. The van der Waals surface area contributed by atoms with E-state index in [9.17, 15) is 0 Å². The normalized spacial score (nSPS) is 9.00. The topological polar surface area (TPSA) is 46.2 Å². The van der Waals surface area contributed by atoms with Gasteiger partial charge in [0.15, 0.2) is 0 Å². The second-order valence-electron chi connectivity index (χ2n) is 1.05. The van der Waals surface area contributed by atoms with Crippen LogP contribution in [-0.4, -0.2) is 18.3 Å². The molecule has 6 heavy (non-hydrogen) atoms. The Hall–Kier alpha value is -0.0800. The Balaban J connectivity index is 2.34. The van der Waals surface area contributed by atoms with E-state index in [0.29, 0.717) is 6.54 Å². The highest BCUT2D eigenvalue weighted by atomic mass is 16.2. The third-order valence-electron chi connectivity index (χ3n) is 0.500. The minimum absolute atomic E-state index is 0.150. The van der Waals surface area contributed by atoms with Crippen LogP contribution in [0.1, 0.15) is 6.42 Å². The van der Waals surface area contributed by atoms with Gasteiger partial charge in [0, 0.05) is 6.61 Å². The van der Waals surface area contributed by atoms with Crippen LogP contribution in [0.15, 0.2) is 0 Å². The van der Waals surface area contributed by atoms with Gasteiger partial charge in [0.1, 0.15) is 0 Å². The predicted molar refractivity (Wildman–Crippen MR) is 25.1 cm³/mol. The first-order valence-electron chi connectivity index (χ1n) is 2.04. The minimum Gasteiger partial charge on any atom is -0.396 e. The Morgan fingerprint density at radius 2 is 2.33 bits per heavy atom. The standard InChI is InChI=1S/C4H10NO/c5-3-1-2-4-6/h2,6H,1,3-5H2. The van der Waals surface area contributed by atoms with Crippen LogP contribution >= 0.6 is 0 Å². The number of hydrogen-bond donors (Lipinski definition) is 2. The fraction of sp³-hybridized carbons (Fsp3) is 0.750. The second-order valence-corrected chi connectivity index (χ2v) is 1.05. The number of aliphatic hydroxyl groups is 1. The van der Waals surface area contributed by atoms with E-state index in [1.54, 1.807) is 6.42 Å². The molecule has 2 heteroatoms. The molecule has 0 fully saturated rings. The van der Waals surface area contributed by atoms with Crippen molar-refractivity contribution in [2.45, 2.75) is 6.42 Å². The summed E-state index contributed by atoms with van der Waals surface area (Å²) in [6, 6.07) is 0. The van der Waals surface area contributed by atoms with Crippen LogP contribution < -0.4 is 5.73 Å². The van der Waals surface area contributed by atoms with E-state index < -0.39 is 0 Å². The second kappa shape index (κ2) is 4.92. The summed E-state index contributed by atoms with van der Waals surface area (Å²) in [5.41, 5.74) is 5.07. The lowest BCUT2D eigenvalue weighted by Crippen LogP contribution is -1.99. The number of unbranched alkanes of at least 4 members (excludes halogenated alkanes) is 1. The highest BCUT2D eigenvalue weighted by Crippen LogP contribution is 1.76. The maximum Gasteiger partial charge on any atom is 0.0463 e. The Labute approximate surface area is 38.0 Å². The van der Waals surface area contributed by atoms with Crippen LogP contribution in [-0.2, 0) is 0 Å². The van der Waals surface area contributed by atoms with E-state index in [4.69, 9.17) is 10.8 Å². The zero-order chi connectivity index (χ0) is 4.83. The molecule has 0 amide bonds. The quantitative estimate of drug-likeness (QED) is 0.458. The molecule has 3 N–H and O–H groups in total. The Morgan fingerprint density at radius 1 is 1.67 bits per heavy atom. The van der Waals surface area contributed by atoms with Gasteiger partial charge in [0.2, 0.25) is 0 Å². The lowest BCUT2D eigenvalue weighted by atomic mass is 10.3. The molecule has 0 aliphatic carbocycles. The van der Waals surface area contributed by atoms with Crippen molar-refractivity contribution in [2.24, 2.45) is 5.73 Å². The number of aliphatic hydroxyl groups excluding tert-OH is 1. The van der Waals surface area contributed by atoms with Crippen LogP contribution in [0.2, 0.25) is 0 Å². The minimum atomic E-state index is 0.150. The predicted octanol–water partition coefficient (Wildman–Crippen LogP) is -0.468. The summed E-state index contributed by atoms with van der Waals surface area (Å²) in [4.78, 5) is 0. The van der Waals surface area contributed by atoms with E-state index in [0.717, 1.165) is 6.42 Å². The molecule has 0 aromatic rings. The van der Waals surface area contributed by atoms with Gasteiger partial charge < -0.3 is 10.8 Å². The number of hydrogen-bond acceptors (Lipinski definition) is 2. The van der Waals surface area contributed by atoms with Gasteiger partial charge in [-0.1, -0.05) is 0 Å². The van der Waals surface area contributed by atoms with Crippen molar-refractivity contribution in [3.8, 4) is 0 Å². The first-order valence-corrected chi connectivity index (χ1v) is 2.04. The molecule has 2 nitrogen and oxygen atoms in total. The van der Waals surface area contributed by atoms with Crippen molar-refractivity contribution in [3.05, 3.63) is 6.42 Å². The molecule has 0 spiro atoms. The molecule has 0 saturated heterocycles. The summed E-state index contributed by atoms with van der Waals surface area (Å²) < 4.78 is 0. The fourth-order valence-corrected chi connectivity index (χ4v) is 0.209. The van der Waals surface area contributed by atoms with Crippen LogP contribution in [0.3, 0.4) is 0 Å². The molecule has 0 atom stereocenters. The monoisotopic (exact) mass is 88.1 g/mol. The number of rotatable bonds is 3. The molecule has 0 unspecified atom stereocenters. The van der Waals surface area contributed by atoms with Crippen molar-refractivity contribution >= 4 is 0 Å². The average molecular weight is 88.1 g/mol. The van der Waals surface area contributed by atoms with Crippen molar-refractivity contribution in [2.75, 3.05) is 13.2 Å². The summed E-state index contributed by atoms with van der Waals surface area (Å²) in [6.07, 6.45) is 2.55. The van der Waals surface area contributed by atoms with Gasteiger partial charge in [-0.3, -0.25) is 0 Å². The smallest absolute Gasteiger partial charge is 0.0463 e. The molecule has 0 aromatic heterocycles. The molecule has 0 aliphatic heterocycles. The van der Waals surface area contributed by atoms with Crippen LogP contribution in [0.4, 0.5) is 0 Å². The molecule has 0 heterocycles. The van der Waals surface area contributed by atoms with Gasteiger partial charge in [-0.05, 0) is 19.4 Å². The van der Waals surface area contributed by atoms with Crippen molar-refractivity contribution in [1.82, 2.24) is 0 Å². The van der Waals surface area contributed by atoms with Crippen molar-refractivity contribution in [1.29, 1.82) is 0 Å². The molecule has 0 rings (SSSR count). The lowest BCUT2D eigenvalue weighted by molar-refractivity contribution is 0.324. The molecule has 0 aliphatic rings. The maximum atomic E-state index is 8.09. The Morgan fingerprint density at radius 3 is 2.50 bits per heavy atom. The molecular weight excluding hydrogens is 78.0 g/mol. The van der Waals surface area contributed by atoms with Gasteiger partial charge >= 0.3 is 0 Å². The zero-order valence-electron chi connectivity index (χ0n) is 3.72. The molecule has 0 aromatic carbocycles. The van der Waals surface area contributed by atoms with E-state index in [1.165, 1.54) is 0 Å². The molecule has 0 saturated carbocycles. The van der Waals surface area contributed by atoms with E-state index in [1.807, 2.05) is 0 Å². The third kappa shape index (κ3) is 3.92. The van der Waals surface area contributed by atoms with Gasteiger partial charge in [0.05, 0.1) is 0 Å². The molecular formula is C4H10NO. The zero-order valence-corrected chi connectivity index (χ0v) is 3.72. The lowest BCUT2D eigenvalue weighted by Gasteiger charge is -1.85. The van der Waals surface area contributed by atoms with E-state index in [2.05, 4.69) is 0 Å². The van der Waals surface area contributed by atoms with Crippen LogP contribution in [0, 0.1) is 6.42 Å². The van der Waals surface area contributed by atoms with E-state index >= 15 is 0 Å². The summed E-state index contributed by atoms with van der Waals surface area (Å²) in [7, 11) is 0. The molecule has 1 radical (unpaired) electrons. The van der Waals surface area contributed by atoms with Gasteiger partial charge in [-0.25, -0.2) is 0 Å². The SMILES string of the molecule is NCC[CH]CO. The third-order valence-corrected chi connectivity index (χ3v) is 0.500. The Kier molecular flexibility index (Phi) is 4.85. The summed E-state index contributed by atoms with van der Waals surface area (Å²) in [5, 5.41) is 8.09. The largest absolute Gasteiger partial charge is 0.396 e. The first-order chi connectivity index (χ1) is 2.91. The molecule has 0 bridgehead atoms. The fourth-order valence-electron chi connectivity index (χ4n) is 0.209. The highest BCUT2D eigenvalue weighted by Gasteiger charge is 1.77. The average Bonchev–Trinajstić information content (AvgIpc) is 1.61. The Bertz CT molecular complexity index is 19.5. The summed E-state index contributed by atoms with van der Waals surface area (Å²) in [5.74, 6) is 0. The summed E-state index contributed by atoms with van der Waals surface area (Å²) >= 11 is 0. The number of nitrogens with two attached hydrogens (primary N) is 1. The highest BCUT2D eigenvalue weighted by molar-refractivity contribution is 4.60. The first kappa shape index (κ1) is 5.92. The van der Waals surface area contributed by atoms with Crippen molar-refractivity contribution in [3.63, 3.8) is 0 Å². The van der Waals surface area contributed by atoms with Crippen LogP contribution in [0.25, 0.3) is 0 Å². The van der Waals surface area contributed by atoms with E-state index in [-0.39, 0.29) is 6.61 Å².